The van der Waals surface area contributed by atoms with E-state index in [-0.39, 0.29) is 0 Å². The maximum absolute atomic E-state index is 4.71. The largest absolute Gasteiger partial charge is 0.316 e. The molecule has 0 bridgehead atoms. The van der Waals surface area contributed by atoms with Gasteiger partial charge in [0.25, 0.3) is 0 Å². The van der Waals surface area contributed by atoms with Crippen LogP contribution in [0.15, 0.2) is 24.3 Å². The Morgan fingerprint density at radius 2 is 2.27 bits per heavy atom. The highest BCUT2D eigenvalue weighted by molar-refractivity contribution is 7.18. The lowest BCUT2D eigenvalue weighted by Crippen LogP contribution is -2.28. The molecule has 0 saturated carbocycles. The molecular formula is C12H14N2S. The number of nitrogens with one attached hydrogen (secondary N) is 1. The van der Waals surface area contributed by atoms with Gasteiger partial charge in [0.2, 0.25) is 0 Å². The lowest BCUT2D eigenvalue weighted by Gasteiger charge is -2.20. The Morgan fingerprint density at radius 3 is 3.07 bits per heavy atom. The third-order valence-electron chi connectivity index (χ3n) is 2.96. The average molecular weight is 218 g/mol. The highest BCUT2D eigenvalue weighted by Crippen LogP contribution is 2.30. The monoisotopic (exact) mass is 218 g/mol. The van der Waals surface area contributed by atoms with Crippen molar-refractivity contribution in [3.63, 3.8) is 0 Å². The van der Waals surface area contributed by atoms with E-state index in [4.69, 9.17) is 4.98 Å². The van der Waals surface area contributed by atoms with Gasteiger partial charge in [0.05, 0.1) is 15.2 Å². The Balaban J connectivity index is 1.96. The fourth-order valence-electron chi connectivity index (χ4n) is 2.13. The van der Waals surface area contributed by atoms with E-state index < -0.39 is 0 Å². The molecule has 15 heavy (non-hydrogen) atoms. The third-order valence-corrected chi connectivity index (χ3v) is 4.16. The van der Waals surface area contributed by atoms with Gasteiger partial charge in [-0.1, -0.05) is 12.1 Å². The van der Waals surface area contributed by atoms with Gasteiger partial charge in [0, 0.05) is 12.5 Å². The molecule has 1 aromatic heterocycles. The minimum absolute atomic E-state index is 0.635. The summed E-state index contributed by atoms with van der Waals surface area (Å²) in [6.45, 7) is 2.27. The molecule has 0 spiro atoms. The lowest BCUT2D eigenvalue weighted by atomic mass is 10.0. The van der Waals surface area contributed by atoms with Gasteiger partial charge in [-0.3, -0.25) is 0 Å². The first-order valence-electron chi connectivity index (χ1n) is 5.50. The van der Waals surface area contributed by atoms with E-state index in [1.54, 1.807) is 0 Å². The lowest BCUT2D eigenvalue weighted by molar-refractivity contribution is 0.461. The summed E-state index contributed by atoms with van der Waals surface area (Å²) in [5, 5.41) is 4.75. The molecule has 3 heteroatoms. The van der Waals surface area contributed by atoms with Crippen molar-refractivity contribution < 1.29 is 0 Å². The van der Waals surface area contributed by atoms with Crippen LogP contribution in [0.4, 0.5) is 0 Å². The topological polar surface area (TPSA) is 24.9 Å². The van der Waals surface area contributed by atoms with Gasteiger partial charge in [0.1, 0.15) is 0 Å². The Morgan fingerprint density at radius 1 is 1.33 bits per heavy atom. The SMILES string of the molecule is c1ccc2sc([C@@H]3CCCNC3)nc2c1. The minimum atomic E-state index is 0.635. The van der Waals surface area contributed by atoms with Crippen LogP contribution in [0, 0.1) is 0 Å². The second-order valence-corrected chi connectivity index (χ2v) is 5.13. The zero-order valence-electron chi connectivity index (χ0n) is 8.57. The van der Waals surface area contributed by atoms with Gasteiger partial charge >= 0.3 is 0 Å². The van der Waals surface area contributed by atoms with Crippen LogP contribution in [0.1, 0.15) is 23.8 Å². The highest BCUT2D eigenvalue weighted by Gasteiger charge is 2.18. The van der Waals surface area contributed by atoms with E-state index in [9.17, 15) is 0 Å². The minimum Gasteiger partial charge on any atom is -0.316 e. The van der Waals surface area contributed by atoms with Gasteiger partial charge in [-0.05, 0) is 31.5 Å². The summed E-state index contributed by atoms with van der Waals surface area (Å²) in [5.41, 5.74) is 1.16. The summed E-state index contributed by atoms with van der Waals surface area (Å²) < 4.78 is 1.32. The van der Waals surface area contributed by atoms with Gasteiger partial charge in [-0.2, -0.15) is 0 Å². The van der Waals surface area contributed by atoms with Crippen LogP contribution in [-0.2, 0) is 0 Å². The molecule has 1 fully saturated rings. The predicted molar refractivity (Wildman–Crippen MR) is 64.5 cm³/mol. The van der Waals surface area contributed by atoms with Gasteiger partial charge in [-0.25, -0.2) is 4.98 Å². The van der Waals surface area contributed by atoms with Crippen molar-refractivity contribution in [3.05, 3.63) is 29.3 Å². The van der Waals surface area contributed by atoms with Crippen LogP contribution in [0.25, 0.3) is 10.2 Å². The number of benzene rings is 1. The smallest absolute Gasteiger partial charge is 0.0982 e. The number of hydrogen-bond acceptors (Lipinski definition) is 3. The summed E-state index contributed by atoms with van der Waals surface area (Å²) in [5.74, 6) is 0.635. The number of rotatable bonds is 1. The summed E-state index contributed by atoms with van der Waals surface area (Å²) in [6, 6.07) is 8.41. The van der Waals surface area contributed by atoms with E-state index in [2.05, 4.69) is 29.6 Å². The number of fused-ring (bicyclic) bond motifs is 1. The predicted octanol–water partition coefficient (Wildman–Crippen LogP) is 2.76. The second kappa shape index (κ2) is 3.91. The Labute approximate surface area is 93.3 Å². The number of thiazole rings is 1. The van der Waals surface area contributed by atoms with Gasteiger partial charge in [0.15, 0.2) is 0 Å². The standard InChI is InChI=1S/C12H14N2S/c1-2-6-11-10(5-1)14-12(15-11)9-4-3-7-13-8-9/h1-2,5-6,9,13H,3-4,7-8H2/t9-/m1/s1. The van der Waals surface area contributed by atoms with Crippen LogP contribution in [0.2, 0.25) is 0 Å². The number of para-hydroxylation sites is 1. The van der Waals surface area contributed by atoms with Crippen molar-refractivity contribution in [3.8, 4) is 0 Å². The molecule has 0 aliphatic carbocycles. The Bertz CT molecular complexity index is 424. The molecule has 1 N–H and O–H groups in total. The molecule has 1 aliphatic rings. The number of piperidine rings is 1. The molecule has 2 aromatic rings. The molecule has 2 nitrogen and oxygen atoms in total. The summed E-state index contributed by atoms with van der Waals surface area (Å²) in [4.78, 5) is 4.71. The molecular weight excluding hydrogens is 204 g/mol. The van der Waals surface area contributed by atoms with E-state index in [0.717, 1.165) is 12.1 Å². The highest BCUT2D eigenvalue weighted by atomic mass is 32.1. The maximum atomic E-state index is 4.71. The quantitative estimate of drug-likeness (QED) is 0.796. The number of aromatic nitrogens is 1. The van der Waals surface area contributed by atoms with Crippen LogP contribution in [0.5, 0.6) is 0 Å². The van der Waals surface area contributed by atoms with Gasteiger partial charge < -0.3 is 5.32 Å². The van der Waals surface area contributed by atoms with Crippen molar-refractivity contribution in [2.75, 3.05) is 13.1 Å². The first-order chi connectivity index (χ1) is 7.43. The Hall–Kier alpha value is -0.930. The van der Waals surface area contributed by atoms with E-state index in [1.165, 1.54) is 29.1 Å². The Kier molecular flexibility index (Phi) is 2.43. The summed E-state index contributed by atoms with van der Waals surface area (Å²) in [7, 11) is 0. The van der Waals surface area contributed by atoms with Crippen molar-refractivity contribution in [2.24, 2.45) is 0 Å². The van der Waals surface area contributed by atoms with E-state index in [0.29, 0.717) is 5.92 Å². The maximum Gasteiger partial charge on any atom is 0.0982 e. The summed E-state index contributed by atoms with van der Waals surface area (Å²) >= 11 is 1.85. The van der Waals surface area contributed by atoms with Crippen LogP contribution < -0.4 is 5.32 Å². The molecule has 1 aromatic carbocycles. The number of nitrogens with zero attached hydrogens (tertiary/aromatic N) is 1. The third kappa shape index (κ3) is 1.77. The van der Waals surface area contributed by atoms with Crippen molar-refractivity contribution in [2.45, 2.75) is 18.8 Å². The molecule has 1 atom stereocenters. The normalized spacial score (nSPS) is 22.0. The summed E-state index contributed by atoms with van der Waals surface area (Å²) in [6.07, 6.45) is 2.56. The molecule has 2 heterocycles. The molecule has 0 radical (unpaired) electrons. The van der Waals surface area contributed by atoms with Crippen LogP contribution >= 0.6 is 11.3 Å². The first-order valence-corrected chi connectivity index (χ1v) is 6.31. The number of hydrogen-bond donors (Lipinski definition) is 1. The van der Waals surface area contributed by atoms with Crippen molar-refractivity contribution in [1.29, 1.82) is 0 Å². The van der Waals surface area contributed by atoms with Crippen LogP contribution in [0.3, 0.4) is 0 Å². The van der Waals surface area contributed by atoms with E-state index in [1.807, 2.05) is 11.3 Å². The molecule has 78 valence electrons. The second-order valence-electron chi connectivity index (χ2n) is 4.06. The fraction of sp³-hybridized carbons (Fsp3) is 0.417. The van der Waals surface area contributed by atoms with Gasteiger partial charge in [-0.15, -0.1) is 11.3 Å². The first kappa shape index (κ1) is 9.31. The molecule has 0 amide bonds. The molecule has 0 unspecified atom stereocenters. The van der Waals surface area contributed by atoms with Crippen molar-refractivity contribution >= 4 is 21.6 Å². The zero-order chi connectivity index (χ0) is 10.1. The fourth-order valence-corrected chi connectivity index (χ4v) is 3.23. The van der Waals surface area contributed by atoms with E-state index >= 15 is 0 Å². The van der Waals surface area contributed by atoms with Crippen molar-refractivity contribution in [1.82, 2.24) is 10.3 Å². The van der Waals surface area contributed by atoms with Crippen LogP contribution in [-0.4, -0.2) is 18.1 Å². The molecule has 1 saturated heterocycles. The average Bonchev–Trinajstić information content (AvgIpc) is 2.74. The zero-order valence-corrected chi connectivity index (χ0v) is 9.39. The molecule has 3 rings (SSSR count). The molecule has 1 aliphatic heterocycles.